The van der Waals surface area contributed by atoms with Gasteiger partial charge in [0, 0.05) is 18.3 Å². The average Bonchev–Trinajstić information content (AvgIpc) is 2.95. The van der Waals surface area contributed by atoms with Gasteiger partial charge in [-0.2, -0.15) is 8.42 Å². The summed E-state index contributed by atoms with van der Waals surface area (Å²) >= 11 is 14.0. The van der Waals surface area contributed by atoms with Crippen molar-refractivity contribution >= 4 is 56.7 Å². The van der Waals surface area contributed by atoms with E-state index in [4.69, 9.17) is 42.5 Å². The van der Waals surface area contributed by atoms with Crippen molar-refractivity contribution in [3.63, 3.8) is 0 Å². The molecule has 0 radical (unpaired) electrons. The Bertz CT molecular complexity index is 1390. The summed E-state index contributed by atoms with van der Waals surface area (Å²) in [6.45, 7) is 3.14. The van der Waals surface area contributed by atoms with Gasteiger partial charge in [0.2, 0.25) is 0 Å². The van der Waals surface area contributed by atoms with E-state index in [2.05, 4.69) is 36.9 Å². The first-order valence-electron chi connectivity index (χ1n) is 11.7. The zero-order valence-electron chi connectivity index (χ0n) is 23.1. The number of fused-ring (bicyclic) bond motifs is 4. The van der Waals surface area contributed by atoms with Gasteiger partial charge in [-0.05, 0) is 52.0 Å². The van der Waals surface area contributed by atoms with Crippen LogP contribution in [-0.2, 0) is 19.5 Å². The van der Waals surface area contributed by atoms with Crippen LogP contribution >= 0.6 is 35.2 Å². The van der Waals surface area contributed by atoms with Gasteiger partial charge in [0.15, 0.2) is 23.0 Å². The summed E-state index contributed by atoms with van der Waals surface area (Å²) in [7, 11) is 2.01. The molecule has 0 aromatic heterocycles. The number of halogens is 2. The SMILES string of the molecule is CCNC.CNC.CS(=O)(=O)O.CSOOO.Clc1c2c(c(Cl)c3c1=Nc1ccccc1O3)=Nc1ccccc1O2. The Kier molecular flexibility index (Phi) is 16.8. The molecule has 0 aliphatic carbocycles. The van der Waals surface area contributed by atoms with Crippen LogP contribution in [0, 0.1) is 0 Å². The molecule has 3 aromatic rings. The summed E-state index contributed by atoms with van der Waals surface area (Å²) in [5, 5.41) is 17.7. The molecule has 0 fully saturated rings. The van der Waals surface area contributed by atoms with Gasteiger partial charge in [-0.25, -0.2) is 15.2 Å². The molecule has 2 heterocycles. The number of rotatable bonds is 3. The third-order valence-corrected chi connectivity index (χ3v) is 5.21. The van der Waals surface area contributed by atoms with E-state index in [1.807, 2.05) is 69.7 Å². The van der Waals surface area contributed by atoms with Crippen molar-refractivity contribution in [1.29, 1.82) is 0 Å². The highest BCUT2D eigenvalue weighted by Crippen LogP contribution is 2.42. The predicted octanol–water partition coefficient (Wildman–Crippen LogP) is 5.36. The lowest BCUT2D eigenvalue weighted by Crippen LogP contribution is -2.22. The molecule has 0 unspecified atom stereocenters. The van der Waals surface area contributed by atoms with E-state index in [1.165, 1.54) is 0 Å². The molecule has 0 saturated heterocycles. The largest absolute Gasteiger partial charge is 0.451 e. The Morgan fingerprint density at radius 2 is 1.24 bits per heavy atom. The van der Waals surface area contributed by atoms with Crippen LogP contribution in [0.1, 0.15) is 6.92 Å². The average molecular weight is 652 g/mol. The summed E-state index contributed by atoms with van der Waals surface area (Å²) in [6, 6.07) is 14.9. The van der Waals surface area contributed by atoms with Crippen molar-refractivity contribution < 1.29 is 37.1 Å². The molecule has 2 aliphatic heterocycles. The van der Waals surface area contributed by atoms with E-state index in [0.717, 1.165) is 18.6 Å². The first kappa shape index (κ1) is 36.5. The van der Waals surface area contributed by atoms with Gasteiger partial charge in [0.05, 0.1) is 6.26 Å². The number of hydrogen-bond donors (Lipinski definition) is 4. The monoisotopic (exact) mass is 650 g/mol. The van der Waals surface area contributed by atoms with Crippen LogP contribution in [-0.4, -0.2) is 58.4 Å². The highest BCUT2D eigenvalue weighted by molar-refractivity contribution is 7.93. The summed E-state index contributed by atoms with van der Waals surface area (Å²) in [5.74, 6) is 2.04. The molecule has 226 valence electrons. The molecule has 4 N–H and O–H groups in total. The molecule has 0 amide bonds. The minimum Gasteiger partial charge on any atom is -0.451 e. The summed E-state index contributed by atoms with van der Waals surface area (Å²) < 4.78 is 41.5. The molecule has 0 atom stereocenters. The van der Waals surface area contributed by atoms with E-state index in [-0.39, 0.29) is 0 Å². The number of nitrogens with one attached hydrogen (secondary N) is 2. The van der Waals surface area contributed by atoms with Crippen molar-refractivity contribution in [2.75, 3.05) is 40.2 Å². The van der Waals surface area contributed by atoms with E-state index in [0.29, 0.717) is 61.4 Å². The van der Waals surface area contributed by atoms with E-state index < -0.39 is 10.1 Å². The van der Waals surface area contributed by atoms with Gasteiger partial charge in [-0.15, -0.1) is 4.33 Å². The van der Waals surface area contributed by atoms with E-state index in [1.54, 1.807) is 6.26 Å². The Morgan fingerprint density at radius 1 is 0.902 bits per heavy atom. The molecule has 16 heteroatoms. The fourth-order valence-corrected chi connectivity index (χ4v) is 3.34. The molecular weight excluding hydrogens is 619 g/mol. The maximum atomic E-state index is 9.19. The van der Waals surface area contributed by atoms with Gasteiger partial charge in [-0.1, -0.05) is 59.4 Å². The molecule has 5 rings (SSSR count). The molecule has 0 bridgehead atoms. The quantitative estimate of drug-likeness (QED) is 0.0861. The normalized spacial score (nSPS) is 11.3. The van der Waals surface area contributed by atoms with Crippen LogP contribution in [0.5, 0.6) is 23.0 Å². The molecule has 0 saturated carbocycles. The van der Waals surface area contributed by atoms with Crippen molar-refractivity contribution in [2.24, 2.45) is 9.98 Å². The smallest absolute Gasteiger partial charge is 0.261 e. The number of ether oxygens (including phenoxy) is 2. The zero-order chi connectivity index (χ0) is 31.0. The summed E-state index contributed by atoms with van der Waals surface area (Å²) in [4.78, 5) is 9.14. The van der Waals surface area contributed by atoms with Crippen molar-refractivity contribution in [3.05, 3.63) is 69.3 Å². The highest BCUT2D eigenvalue weighted by atomic mass is 35.5. The number of hydrogen-bond acceptors (Lipinski definition) is 12. The van der Waals surface area contributed by atoms with Gasteiger partial charge in [0.25, 0.3) is 10.1 Å². The van der Waals surface area contributed by atoms with Gasteiger partial charge < -0.3 is 20.1 Å². The molecule has 41 heavy (non-hydrogen) atoms. The molecule has 3 aromatic carbocycles. The second-order valence-electron chi connectivity index (χ2n) is 7.60. The van der Waals surface area contributed by atoms with Crippen molar-refractivity contribution in [1.82, 2.24) is 10.6 Å². The number of para-hydroxylation sites is 4. The second kappa shape index (κ2) is 18.8. The topological polar surface area (TPSA) is 160 Å². The highest BCUT2D eigenvalue weighted by Gasteiger charge is 2.26. The van der Waals surface area contributed by atoms with Gasteiger partial charge in [-0.3, -0.25) is 4.55 Å². The van der Waals surface area contributed by atoms with E-state index in [9.17, 15) is 8.42 Å². The second-order valence-corrected chi connectivity index (χ2v) is 10.3. The third kappa shape index (κ3) is 12.1. The van der Waals surface area contributed by atoms with Crippen molar-refractivity contribution in [2.45, 2.75) is 6.92 Å². The van der Waals surface area contributed by atoms with Crippen LogP contribution in [0.25, 0.3) is 0 Å². The fourth-order valence-electron chi connectivity index (χ4n) is 2.77. The minimum atomic E-state index is -3.67. The summed E-state index contributed by atoms with van der Waals surface area (Å²) in [5.41, 5.74) is 1.38. The third-order valence-electron chi connectivity index (χ3n) is 4.32. The number of nitrogens with zero attached hydrogens (tertiary/aromatic N) is 2. The van der Waals surface area contributed by atoms with Crippen LogP contribution in [0.3, 0.4) is 0 Å². The first-order valence-corrected chi connectivity index (χ1v) is 15.4. The Balaban J connectivity index is 0.000000411. The zero-order valence-corrected chi connectivity index (χ0v) is 26.3. The minimum absolute atomic E-state index is 0.331. The van der Waals surface area contributed by atoms with E-state index >= 15 is 0 Å². The lowest BCUT2D eigenvalue weighted by molar-refractivity contribution is -0.432. The lowest BCUT2D eigenvalue weighted by atomic mass is 10.2. The summed E-state index contributed by atoms with van der Waals surface area (Å²) in [6.07, 6.45) is 2.34. The van der Waals surface area contributed by atoms with Gasteiger partial charge >= 0.3 is 0 Å². The fraction of sp³-hybridized carbons (Fsp3) is 0.280. The van der Waals surface area contributed by atoms with Crippen LogP contribution < -0.4 is 30.8 Å². The van der Waals surface area contributed by atoms with Crippen molar-refractivity contribution in [3.8, 4) is 23.0 Å². The van der Waals surface area contributed by atoms with Crippen LogP contribution in [0.15, 0.2) is 58.5 Å². The Labute approximate surface area is 253 Å². The number of benzene rings is 3. The van der Waals surface area contributed by atoms with Gasteiger partial charge in [0.1, 0.15) is 32.1 Å². The standard InChI is InChI=1S/C18H8Cl2N2O2.C3H9N.C2H7N.2CH4O3S/c19-13-15-17(23-11-7-3-1-5-9(11)21-15)14(20)16-18(13)24-12-8-4-2-6-10(12)22-16;1-3-4-2;1-3-2;1-5(2,3)4;1-5-4-3-2/h1-8H;4H,3H2,1-2H3;3H,1-2H3;1H3,(H,2,3,4);2H,1H3. The lowest BCUT2D eigenvalue weighted by Gasteiger charge is -2.20. The Hall–Kier alpha value is -2.50. The molecule has 2 aliphatic rings. The van der Waals surface area contributed by atoms with Crippen LogP contribution in [0.2, 0.25) is 10.0 Å². The Morgan fingerprint density at radius 3 is 1.51 bits per heavy atom. The first-order chi connectivity index (χ1) is 19.5. The maximum Gasteiger partial charge on any atom is 0.261 e. The molecule has 0 spiro atoms. The molecule has 12 nitrogen and oxygen atoms in total. The predicted molar refractivity (Wildman–Crippen MR) is 161 cm³/mol. The molecular formula is C25H32Cl2N4O8S2. The van der Waals surface area contributed by atoms with Crippen LogP contribution in [0.4, 0.5) is 11.4 Å². The maximum absolute atomic E-state index is 9.19.